The van der Waals surface area contributed by atoms with E-state index in [4.69, 9.17) is 0 Å². The van der Waals surface area contributed by atoms with E-state index in [9.17, 15) is 9.18 Å². The van der Waals surface area contributed by atoms with Crippen LogP contribution in [0, 0.1) is 5.82 Å². The van der Waals surface area contributed by atoms with Gasteiger partial charge in [-0.2, -0.15) is 0 Å². The molecule has 1 aromatic heterocycles. The second kappa shape index (κ2) is 5.60. The molecule has 0 unspecified atom stereocenters. The van der Waals surface area contributed by atoms with Crippen LogP contribution in [-0.4, -0.2) is 10.4 Å². The maximum Gasteiger partial charge on any atom is 0.195 e. The molecule has 0 spiro atoms. The lowest BCUT2D eigenvalue weighted by Crippen LogP contribution is -2.05. The summed E-state index contributed by atoms with van der Waals surface area (Å²) >= 11 is 0. The summed E-state index contributed by atoms with van der Waals surface area (Å²) in [5, 5.41) is 2.21. The van der Waals surface area contributed by atoms with E-state index in [1.807, 2.05) is 30.3 Å². The number of aromatic nitrogens is 1. The third-order valence-electron chi connectivity index (χ3n) is 4.46. The number of para-hydroxylation sites is 2. The number of hydrogen-bond donors (Lipinski definition) is 0. The second-order valence-electron chi connectivity index (χ2n) is 5.80. The predicted molar refractivity (Wildman–Crippen MR) is 95.0 cm³/mol. The average Bonchev–Trinajstić information content (AvgIpc) is 2.95. The van der Waals surface area contributed by atoms with Crippen molar-refractivity contribution in [1.82, 2.24) is 4.57 Å². The van der Waals surface area contributed by atoms with Crippen LogP contribution in [-0.2, 0) is 6.54 Å². The van der Waals surface area contributed by atoms with E-state index in [-0.39, 0.29) is 11.6 Å². The van der Waals surface area contributed by atoms with E-state index in [1.165, 1.54) is 24.3 Å². The van der Waals surface area contributed by atoms with E-state index >= 15 is 0 Å². The molecule has 3 aromatic carbocycles. The number of aryl methyl sites for hydroxylation is 1. The summed E-state index contributed by atoms with van der Waals surface area (Å²) in [5.41, 5.74) is 3.21. The van der Waals surface area contributed by atoms with Crippen LogP contribution in [0.5, 0.6) is 0 Å². The highest BCUT2D eigenvalue weighted by Crippen LogP contribution is 2.32. The molecule has 0 saturated heterocycles. The van der Waals surface area contributed by atoms with Crippen LogP contribution in [0.25, 0.3) is 21.8 Å². The molecule has 2 nitrogen and oxygen atoms in total. The molecule has 0 bridgehead atoms. The van der Waals surface area contributed by atoms with Crippen molar-refractivity contribution in [3.8, 4) is 0 Å². The molecule has 0 aliphatic carbocycles. The Kier molecular flexibility index (Phi) is 3.42. The number of rotatable bonds is 3. The molecule has 0 aliphatic heterocycles. The van der Waals surface area contributed by atoms with E-state index in [2.05, 4.69) is 23.6 Å². The van der Waals surface area contributed by atoms with Gasteiger partial charge in [-0.15, -0.1) is 0 Å². The average molecular weight is 317 g/mol. The standard InChI is InChI=1S/C21H16FNO/c1-2-23-19-9-4-3-6-16(19)17-7-5-8-18(20(17)23)21(24)14-10-12-15(22)13-11-14/h3-13H,2H2,1H3. The number of hydrogen-bond acceptors (Lipinski definition) is 1. The van der Waals surface area contributed by atoms with E-state index in [1.54, 1.807) is 0 Å². The summed E-state index contributed by atoms with van der Waals surface area (Å²) in [7, 11) is 0. The van der Waals surface area contributed by atoms with Crippen molar-refractivity contribution in [3.05, 3.63) is 83.7 Å². The molecule has 0 radical (unpaired) electrons. The first kappa shape index (κ1) is 14.6. The Balaban J connectivity index is 2.02. The molecule has 1 heterocycles. The SMILES string of the molecule is CCn1c2ccccc2c2cccc(C(=O)c3ccc(F)cc3)c21. The highest BCUT2D eigenvalue weighted by atomic mass is 19.1. The van der Waals surface area contributed by atoms with Gasteiger partial charge in [-0.3, -0.25) is 4.79 Å². The Bertz CT molecular complexity index is 1060. The lowest BCUT2D eigenvalue weighted by molar-refractivity contribution is 0.104. The molecule has 24 heavy (non-hydrogen) atoms. The number of carbonyl (C=O) groups excluding carboxylic acids is 1. The zero-order valence-electron chi connectivity index (χ0n) is 13.3. The van der Waals surface area contributed by atoms with Crippen LogP contribution in [0.4, 0.5) is 4.39 Å². The Morgan fingerprint density at radius 2 is 1.62 bits per heavy atom. The summed E-state index contributed by atoms with van der Waals surface area (Å²) in [4.78, 5) is 13.0. The molecule has 4 rings (SSSR count). The maximum absolute atomic E-state index is 13.1. The van der Waals surface area contributed by atoms with Gasteiger partial charge in [-0.1, -0.05) is 30.3 Å². The van der Waals surface area contributed by atoms with Crippen molar-refractivity contribution in [2.45, 2.75) is 13.5 Å². The number of nitrogens with zero attached hydrogens (tertiary/aromatic N) is 1. The first-order valence-electron chi connectivity index (χ1n) is 8.01. The van der Waals surface area contributed by atoms with E-state index < -0.39 is 0 Å². The van der Waals surface area contributed by atoms with Crippen LogP contribution < -0.4 is 0 Å². The zero-order chi connectivity index (χ0) is 16.7. The molecule has 0 fully saturated rings. The quantitative estimate of drug-likeness (QED) is 0.477. The summed E-state index contributed by atoms with van der Waals surface area (Å²) in [6.45, 7) is 2.85. The molecular formula is C21H16FNO. The molecular weight excluding hydrogens is 301 g/mol. The number of ketones is 1. The summed E-state index contributed by atoms with van der Waals surface area (Å²) in [6.07, 6.45) is 0. The van der Waals surface area contributed by atoms with E-state index in [0.29, 0.717) is 11.1 Å². The summed E-state index contributed by atoms with van der Waals surface area (Å²) < 4.78 is 15.3. The van der Waals surface area contributed by atoms with Crippen molar-refractivity contribution in [1.29, 1.82) is 0 Å². The van der Waals surface area contributed by atoms with Gasteiger partial charge in [-0.05, 0) is 43.3 Å². The van der Waals surface area contributed by atoms with E-state index in [0.717, 1.165) is 28.4 Å². The Hall–Kier alpha value is -2.94. The Morgan fingerprint density at radius 3 is 2.38 bits per heavy atom. The fourth-order valence-corrected chi connectivity index (χ4v) is 3.38. The normalized spacial score (nSPS) is 11.2. The lowest BCUT2D eigenvalue weighted by Gasteiger charge is -2.08. The van der Waals surface area contributed by atoms with Crippen molar-refractivity contribution in [2.24, 2.45) is 0 Å². The van der Waals surface area contributed by atoms with Crippen LogP contribution in [0.1, 0.15) is 22.8 Å². The van der Waals surface area contributed by atoms with Crippen LogP contribution >= 0.6 is 0 Å². The summed E-state index contributed by atoms with van der Waals surface area (Å²) in [5.74, 6) is -0.425. The summed E-state index contributed by atoms with van der Waals surface area (Å²) in [6, 6.07) is 19.7. The Labute approximate surface area is 139 Å². The van der Waals surface area contributed by atoms with Crippen molar-refractivity contribution >= 4 is 27.6 Å². The second-order valence-corrected chi connectivity index (χ2v) is 5.80. The predicted octanol–water partition coefficient (Wildman–Crippen LogP) is 5.18. The molecule has 118 valence electrons. The minimum absolute atomic E-state index is 0.0851. The van der Waals surface area contributed by atoms with Gasteiger partial charge < -0.3 is 4.57 Å². The smallest absolute Gasteiger partial charge is 0.195 e. The minimum atomic E-state index is -0.340. The zero-order valence-corrected chi connectivity index (χ0v) is 13.3. The van der Waals surface area contributed by atoms with Crippen molar-refractivity contribution in [3.63, 3.8) is 0 Å². The van der Waals surface area contributed by atoms with Gasteiger partial charge in [0.2, 0.25) is 0 Å². The Morgan fingerprint density at radius 1 is 0.917 bits per heavy atom. The van der Waals surface area contributed by atoms with Crippen LogP contribution in [0.3, 0.4) is 0 Å². The van der Waals surface area contributed by atoms with Gasteiger partial charge in [0.05, 0.1) is 5.52 Å². The minimum Gasteiger partial charge on any atom is -0.340 e. The molecule has 3 heteroatoms. The molecule has 0 amide bonds. The highest BCUT2D eigenvalue weighted by molar-refractivity contribution is 6.20. The topological polar surface area (TPSA) is 22.0 Å². The van der Waals surface area contributed by atoms with Gasteiger partial charge in [-0.25, -0.2) is 4.39 Å². The lowest BCUT2D eigenvalue weighted by atomic mass is 10.0. The van der Waals surface area contributed by atoms with Gasteiger partial charge in [0.25, 0.3) is 0 Å². The number of halogens is 1. The van der Waals surface area contributed by atoms with Crippen molar-refractivity contribution < 1.29 is 9.18 Å². The molecule has 4 aromatic rings. The molecule has 0 N–H and O–H groups in total. The number of benzene rings is 3. The van der Waals surface area contributed by atoms with Crippen LogP contribution in [0.15, 0.2) is 66.7 Å². The first-order chi connectivity index (χ1) is 11.7. The van der Waals surface area contributed by atoms with Gasteiger partial charge in [0.1, 0.15) is 5.82 Å². The largest absolute Gasteiger partial charge is 0.340 e. The highest BCUT2D eigenvalue weighted by Gasteiger charge is 2.18. The fraction of sp³-hybridized carbons (Fsp3) is 0.0952. The first-order valence-corrected chi connectivity index (χ1v) is 8.01. The molecule has 0 atom stereocenters. The third-order valence-corrected chi connectivity index (χ3v) is 4.46. The third kappa shape index (κ3) is 2.13. The monoisotopic (exact) mass is 317 g/mol. The number of fused-ring (bicyclic) bond motifs is 3. The van der Waals surface area contributed by atoms with Crippen molar-refractivity contribution in [2.75, 3.05) is 0 Å². The fourth-order valence-electron chi connectivity index (χ4n) is 3.38. The van der Waals surface area contributed by atoms with Gasteiger partial charge in [0.15, 0.2) is 5.78 Å². The maximum atomic E-state index is 13.1. The van der Waals surface area contributed by atoms with Gasteiger partial charge >= 0.3 is 0 Å². The van der Waals surface area contributed by atoms with Gasteiger partial charge in [0, 0.05) is 34.0 Å². The van der Waals surface area contributed by atoms with Crippen LogP contribution in [0.2, 0.25) is 0 Å². The molecule has 0 aliphatic rings. The number of carbonyl (C=O) groups is 1. The molecule has 0 saturated carbocycles.